The highest BCUT2D eigenvalue weighted by molar-refractivity contribution is 7.92. The van der Waals surface area contributed by atoms with Crippen LogP contribution in [0.4, 0.5) is 5.82 Å². The highest BCUT2D eigenvalue weighted by atomic mass is 32.2. The second kappa shape index (κ2) is 6.98. The zero-order chi connectivity index (χ0) is 17.9. The molecule has 1 heterocycles. The van der Waals surface area contributed by atoms with E-state index in [2.05, 4.69) is 14.9 Å². The summed E-state index contributed by atoms with van der Waals surface area (Å²) in [5.74, 6) is 0.915. The van der Waals surface area contributed by atoms with E-state index in [-0.39, 0.29) is 10.7 Å². The molecular weight excluding hydrogens is 338 g/mol. The molecule has 2 N–H and O–H groups in total. The Hall–Kier alpha value is -2.80. The molecule has 0 aliphatic carbocycles. The van der Waals surface area contributed by atoms with Crippen LogP contribution in [0.25, 0.3) is 11.3 Å². The third-order valence-corrected chi connectivity index (χ3v) is 5.01. The van der Waals surface area contributed by atoms with E-state index in [9.17, 15) is 8.42 Å². The molecule has 0 saturated carbocycles. The lowest BCUT2D eigenvalue weighted by atomic mass is 10.2. The Balaban J connectivity index is 1.82. The fraction of sp³-hybridized carbons (Fsp3) is 0.167. The molecule has 0 aliphatic rings. The van der Waals surface area contributed by atoms with Gasteiger partial charge in [0.05, 0.1) is 17.2 Å². The molecule has 0 aliphatic heterocycles. The summed E-state index contributed by atoms with van der Waals surface area (Å²) in [6.45, 7) is 4.22. The van der Waals surface area contributed by atoms with Crippen LogP contribution in [0.3, 0.4) is 0 Å². The van der Waals surface area contributed by atoms with Gasteiger partial charge in [-0.3, -0.25) is 9.82 Å². The molecule has 130 valence electrons. The Morgan fingerprint density at radius 2 is 1.88 bits per heavy atom. The molecule has 3 aromatic rings. The van der Waals surface area contributed by atoms with Gasteiger partial charge in [0.2, 0.25) is 0 Å². The van der Waals surface area contributed by atoms with E-state index in [4.69, 9.17) is 4.74 Å². The highest BCUT2D eigenvalue weighted by Crippen LogP contribution is 2.24. The van der Waals surface area contributed by atoms with Crippen LogP contribution in [-0.4, -0.2) is 25.2 Å². The fourth-order valence-electron chi connectivity index (χ4n) is 2.44. The van der Waals surface area contributed by atoms with Crippen molar-refractivity contribution in [3.05, 3.63) is 60.2 Å². The van der Waals surface area contributed by atoms with Crippen molar-refractivity contribution in [2.45, 2.75) is 18.7 Å². The topological polar surface area (TPSA) is 84.1 Å². The number of nitrogens with one attached hydrogen (secondary N) is 2. The molecule has 0 amide bonds. The SMILES string of the molecule is CCOc1ccc(S(=O)(=O)Nc2cc(-c3ccccc3)[nH]n2)cc1C. The van der Waals surface area contributed by atoms with Crippen LogP contribution in [0.1, 0.15) is 12.5 Å². The molecule has 0 saturated heterocycles. The van der Waals surface area contributed by atoms with Crippen molar-refractivity contribution in [1.82, 2.24) is 10.2 Å². The Kier molecular flexibility index (Phi) is 4.76. The third kappa shape index (κ3) is 3.83. The number of hydrogen-bond acceptors (Lipinski definition) is 4. The molecule has 0 spiro atoms. The molecule has 0 atom stereocenters. The van der Waals surface area contributed by atoms with Gasteiger partial charge in [0.15, 0.2) is 5.82 Å². The third-order valence-electron chi connectivity index (χ3n) is 3.66. The summed E-state index contributed by atoms with van der Waals surface area (Å²) in [6.07, 6.45) is 0. The fourth-order valence-corrected chi connectivity index (χ4v) is 3.52. The van der Waals surface area contributed by atoms with Crippen LogP contribution >= 0.6 is 0 Å². The first-order chi connectivity index (χ1) is 12.0. The van der Waals surface area contributed by atoms with Crippen molar-refractivity contribution in [2.24, 2.45) is 0 Å². The van der Waals surface area contributed by atoms with Crippen molar-refractivity contribution >= 4 is 15.8 Å². The number of rotatable bonds is 6. The summed E-state index contributed by atoms with van der Waals surface area (Å²) in [4.78, 5) is 0.165. The average molecular weight is 357 g/mol. The number of aromatic nitrogens is 2. The quantitative estimate of drug-likeness (QED) is 0.706. The lowest BCUT2D eigenvalue weighted by Gasteiger charge is -2.10. The van der Waals surface area contributed by atoms with Crippen LogP contribution in [0, 0.1) is 6.92 Å². The molecule has 0 radical (unpaired) electrons. The van der Waals surface area contributed by atoms with Crippen LogP contribution in [0.2, 0.25) is 0 Å². The first kappa shape index (κ1) is 17.0. The van der Waals surface area contributed by atoms with Crippen LogP contribution in [0.15, 0.2) is 59.5 Å². The summed E-state index contributed by atoms with van der Waals surface area (Å²) in [5.41, 5.74) is 2.43. The van der Waals surface area contributed by atoms with Gasteiger partial charge < -0.3 is 4.74 Å². The molecule has 0 fully saturated rings. The van der Waals surface area contributed by atoms with E-state index in [0.29, 0.717) is 12.4 Å². The van der Waals surface area contributed by atoms with E-state index in [1.54, 1.807) is 18.2 Å². The molecule has 6 nitrogen and oxygen atoms in total. The number of benzene rings is 2. The zero-order valence-corrected chi connectivity index (χ0v) is 14.8. The highest BCUT2D eigenvalue weighted by Gasteiger charge is 2.17. The van der Waals surface area contributed by atoms with E-state index >= 15 is 0 Å². The van der Waals surface area contributed by atoms with Crippen molar-refractivity contribution < 1.29 is 13.2 Å². The number of nitrogens with zero attached hydrogens (tertiary/aromatic N) is 1. The smallest absolute Gasteiger partial charge is 0.263 e. The minimum Gasteiger partial charge on any atom is -0.494 e. The molecule has 3 rings (SSSR count). The number of H-pyrrole nitrogens is 1. The summed E-state index contributed by atoms with van der Waals surface area (Å²) in [7, 11) is -3.72. The molecule has 7 heteroatoms. The summed E-state index contributed by atoms with van der Waals surface area (Å²) >= 11 is 0. The molecule has 2 aromatic carbocycles. The van der Waals surface area contributed by atoms with Crippen molar-refractivity contribution in [3.8, 4) is 17.0 Å². The minimum atomic E-state index is -3.72. The van der Waals surface area contributed by atoms with Gasteiger partial charge in [-0.15, -0.1) is 0 Å². The lowest BCUT2D eigenvalue weighted by molar-refractivity contribution is 0.337. The van der Waals surface area contributed by atoms with E-state index < -0.39 is 10.0 Å². The predicted octanol–water partition coefficient (Wildman–Crippen LogP) is 3.58. The van der Waals surface area contributed by atoms with E-state index in [0.717, 1.165) is 16.8 Å². The first-order valence-electron chi connectivity index (χ1n) is 7.86. The molecule has 0 unspecified atom stereocenters. The lowest BCUT2D eigenvalue weighted by Crippen LogP contribution is -2.13. The summed E-state index contributed by atoms with van der Waals surface area (Å²) in [5, 5.41) is 6.87. The predicted molar refractivity (Wildman–Crippen MR) is 97.2 cm³/mol. The van der Waals surface area contributed by atoms with Gasteiger partial charge in [0.1, 0.15) is 5.75 Å². The number of ether oxygens (including phenoxy) is 1. The van der Waals surface area contributed by atoms with Gasteiger partial charge in [0, 0.05) is 6.07 Å². The standard InChI is InChI=1S/C18H19N3O3S/c1-3-24-17-10-9-15(11-13(17)2)25(22,23)21-18-12-16(19-20-18)14-7-5-4-6-8-14/h4-12H,3H2,1-2H3,(H2,19,20,21). The molecule has 25 heavy (non-hydrogen) atoms. The second-order valence-electron chi connectivity index (χ2n) is 5.50. The number of aromatic amines is 1. The Labute approximate surface area is 146 Å². The normalized spacial score (nSPS) is 11.3. The Bertz CT molecular complexity index is 966. The van der Waals surface area contributed by atoms with Gasteiger partial charge >= 0.3 is 0 Å². The number of hydrogen-bond donors (Lipinski definition) is 2. The molecule has 0 bridgehead atoms. The van der Waals surface area contributed by atoms with Gasteiger partial charge in [-0.25, -0.2) is 8.42 Å². The monoisotopic (exact) mass is 357 g/mol. The van der Waals surface area contributed by atoms with Gasteiger partial charge in [-0.2, -0.15) is 5.10 Å². The van der Waals surface area contributed by atoms with Crippen LogP contribution < -0.4 is 9.46 Å². The van der Waals surface area contributed by atoms with Crippen LogP contribution in [0.5, 0.6) is 5.75 Å². The van der Waals surface area contributed by atoms with Crippen molar-refractivity contribution in [1.29, 1.82) is 0 Å². The second-order valence-corrected chi connectivity index (χ2v) is 7.18. The van der Waals surface area contributed by atoms with Gasteiger partial charge in [-0.1, -0.05) is 30.3 Å². The van der Waals surface area contributed by atoms with Gasteiger partial charge in [-0.05, 0) is 43.2 Å². The Morgan fingerprint density at radius 1 is 1.12 bits per heavy atom. The largest absolute Gasteiger partial charge is 0.494 e. The van der Waals surface area contributed by atoms with E-state index in [1.165, 1.54) is 6.07 Å². The maximum absolute atomic E-state index is 12.6. The van der Waals surface area contributed by atoms with E-state index in [1.807, 2.05) is 44.2 Å². The number of sulfonamides is 1. The maximum Gasteiger partial charge on any atom is 0.263 e. The molecular formula is C18H19N3O3S. The summed E-state index contributed by atoms with van der Waals surface area (Å²) < 4.78 is 33.1. The van der Waals surface area contributed by atoms with Crippen molar-refractivity contribution in [2.75, 3.05) is 11.3 Å². The minimum absolute atomic E-state index is 0.165. The maximum atomic E-state index is 12.6. The Morgan fingerprint density at radius 3 is 2.56 bits per heavy atom. The number of aryl methyl sites for hydroxylation is 1. The first-order valence-corrected chi connectivity index (χ1v) is 9.35. The van der Waals surface area contributed by atoms with Crippen LogP contribution in [-0.2, 0) is 10.0 Å². The summed E-state index contributed by atoms with van der Waals surface area (Å²) in [6, 6.07) is 16.0. The zero-order valence-electron chi connectivity index (χ0n) is 14.0. The average Bonchev–Trinajstić information content (AvgIpc) is 3.05. The van der Waals surface area contributed by atoms with Crippen molar-refractivity contribution in [3.63, 3.8) is 0 Å². The number of anilines is 1. The van der Waals surface area contributed by atoms with Gasteiger partial charge in [0.25, 0.3) is 10.0 Å². The molecule has 1 aromatic heterocycles.